The number of pyridine rings is 1. The molecule has 150 valence electrons. The van der Waals surface area contributed by atoms with Gasteiger partial charge < -0.3 is 0 Å². The molecule has 1 saturated carbocycles. The number of hydrogen-bond acceptors (Lipinski definition) is 6. The van der Waals surface area contributed by atoms with Gasteiger partial charge >= 0.3 is 185 Å². The summed E-state index contributed by atoms with van der Waals surface area (Å²) in [6, 6.07) is 5.01. The van der Waals surface area contributed by atoms with Crippen LogP contribution in [0.1, 0.15) is 40.4 Å². The van der Waals surface area contributed by atoms with E-state index < -0.39 is 10.0 Å². The SMILES string of the molecule is O=S(=O)(Nc1cc(C2CC[I-]N[I-]2)nc2c(C3CC3)cnn12)c1cccnc1. The number of nitrogens with one attached hydrogen (secondary N) is 2. The molecule has 5 rings (SSSR count). The van der Waals surface area contributed by atoms with E-state index >= 15 is 0 Å². The Hall–Kier alpha value is -1.06. The van der Waals surface area contributed by atoms with E-state index in [9.17, 15) is 8.42 Å². The fourth-order valence-electron chi connectivity index (χ4n) is 3.14. The van der Waals surface area contributed by atoms with Crippen LogP contribution in [0.2, 0.25) is 0 Å². The third-order valence-electron chi connectivity index (χ3n) is 4.72. The Bertz CT molecular complexity index is 1110. The summed E-state index contributed by atoms with van der Waals surface area (Å²) in [5.74, 6) is 0.938. The first kappa shape index (κ1) is 18.9. The minimum atomic E-state index is -3.75. The fourth-order valence-corrected chi connectivity index (χ4v) is 12.6. The van der Waals surface area contributed by atoms with E-state index in [0.29, 0.717) is 15.7 Å². The molecule has 1 unspecified atom stereocenters. The molecule has 28 heavy (non-hydrogen) atoms. The molecule has 1 saturated heterocycles. The Morgan fingerprint density at radius 1 is 1.25 bits per heavy atom. The number of sulfonamides is 1. The Morgan fingerprint density at radius 3 is 2.86 bits per heavy atom. The van der Waals surface area contributed by atoms with Crippen molar-refractivity contribution < 1.29 is 51.4 Å². The van der Waals surface area contributed by atoms with Crippen molar-refractivity contribution in [3.8, 4) is 0 Å². The first-order valence-electron chi connectivity index (χ1n) is 8.89. The average molecular weight is 624 g/mol. The maximum atomic E-state index is 12.9. The second-order valence-electron chi connectivity index (χ2n) is 6.73. The van der Waals surface area contributed by atoms with Gasteiger partial charge in [0.15, 0.2) is 0 Å². The molecule has 2 fully saturated rings. The van der Waals surface area contributed by atoms with Crippen molar-refractivity contribution in [2.45, 2.75) is 34.0 Å². The number of rotatable bonds is 5. The topological polar surface area (TPSA) is 101 Å². The Balaban J connectivity index is 1.60. The van der Waals surface area contributed by atoms with Gasteiger partial charge in [-0.05, 0) is 0 Å². The zero-order valence-corrected chi connectivity index (χ0v) is 19.8. The van der Waals surface area contributed by atoms with E-state index in [2.05, 4.69) is 16.5 Å². The molecular formula is C17H18I2N6O2S-2. The summed E-state index contributed by atoms with van der Waals surface area (Å²) in [4.78, 5) is 9.00. The molecule has 0 radical (unpaired) electrons. The van der Waals surface area contributed by atoms with Crippen LogP contribution in [-0.4, -0.2) is 32.4 Å². The van der Waals surface area contributed by atoms with Crippen molar-refractivity contribution in [2.75, 3.05) is 9.15 Å². The zero-order chi connectivity index (χ0) is 19.1. The average Bonchev–Trinajstić information content (AvgIpc) is 3.48. The van der Waals surface area contributed by atoms with Gasteiger partial charge in [0.1, 0.15) is 0 Å². The molecule has 0 bridgehead atoms. The third kappa shape index (κ3) is 3.73. The van der Waals surface area contributed by atoms with Crippen molar-refractivity contribution in [2.24, 2.45) is 0 Å². The number of hydrogen-bond donors (Lipinski definition) is 2. The molecule has 0 amide bonds. The van der Waals surface area contributed by atoms with E-state index in [1.54, 1.807) is 16.8 Å². The first-order valence-corrected chi connectivity index (χ1v) is 15.3. The molecule has 1 aliphatic heterocycles. The van der Waals surface area contributed by atoms with E-state index in [0.717, 1.165) is 36.2 Å². The summed E-state index contributed by atoms with van der Waals surface area (Å²) in [5.41, 5.74) is 2.88. The van der Waals surface area contributed by atoms with Crippen LogP contribution < -0.4 is 49.4 Å². The second kappa shape index (κ2) is 7.65. The van der Waals surface area contributed by atoms with Crippen LogP contribution in [0.15, 0.2) is 41.7 Å². The van der Waals surface area contributed by atoms with Gasteiger partial charge in [-0.15, -0.1) is 0 Å². The van der Waals surface area contributed by atoms with E-state index in [1.807, 2.05) is 12.3 Å². The van der Waals surface area contributed by atoms with E-state index in [-0.39, 0.29) is 47.9 Å². The number of aromatic nitrogens is 4. The zero-order valence-electron chi connectivity index (χ0n) is 14.7. The maximum absolute atomic E-state index is 12.9. The molecule has 2 aliphatic rings. The van der Waals surface area contributed by atoms with E-state index in [1.165, 1.54) is 16.7 Å². The molecule has 2 N–H and O–H groups in total. The monoisotopic (exact) mass is 624 g/mol. The summed E-state index contributed by atoms with van der Waals surface area (Å²) >= 11 is -0.0173. The van der Waals surface area contributed by atoms with Gasteiger partial charge in [-0.2, -0.15) is 0 Å². The second-order valence-corrected chi connectivity index (χ2v) is 15.5. The van der Waals surface area contributed by atoms with Crippen molar-refractivity contribution >= 4 is 21.5 Å². The summed E-state index contributed by atoms with van der Waals surface area (Å²) in [5, 5.41) is 4.45. The van der Waals surface area contributed by atoms with Gasteiger partial charge in [0.2, 0.25) is 0 Å². The van der Waals surface area contributed by atoms with Crippen molar-refractivity contribution in [1.29, 1.82) is 0 Å². The number of halogens is 2. The van der Waals surface area contributed by atoms with Crippen LogP contribution in [0.5, 0.6) is 0 Å². The number of anilines is 1. The number of fused-ring (bicyclic) bond motifs is 1. The van der Waals surface area contributed by atoms with Crippen LogP contribution in [0.4, 0.5) is 5.82 Å². The van der Waals surface area contributed by atoms with Gasteiger partial charge in [-0.3, -0.25) is 0 Å². The predicted octanol–water partition coefficient (Wildman–Crippen LogP) is -4.16. The van der Waals surface area contributed by atoms with Crippen molar-refractivity contribution in [3.63, 3.8) is 0 Å². The van der Waals surface area contributed by atoms with Crippen LogP contribution in [0.25, 0.3) is 5.65 Å². The summed E-state index contributed by atoms with van der Waals surface area (Å²) in [6.07, 6.45) is 8.17. The Kier molecular flexibility index (Phi) is 5.17. The van der Waals surface area contributed by atoms with E-state index in [4.69, 9.17) is 4.98 Å². The summed E-state index contributed by atoms with van der Waals surface area (Å²) < 4.78 is 35.4. The van der Waals surface area contributed by atoms with Crippen molar-refractivity contribution in [3.05, 3.63) is 48.0 Å². The summed E-state index contributed by atoms with van der Waals surface area (Å²) in [6.45, 7) is 0. The van der Waals surface area contributed by atoms with Gasteiger partial charge in [0.25, 0.3) is 0 Å². The molecule has 0 spiro atoms. The molecule has 1 aliphatic carbocycles. The normalized spacial score (nSPS) is 20.9. The Labute approximate surface area is 184 Å². The molecule has 11 heteroatoms. The van der Waals surface area contributed by atoms with Crippen molar-refractivity contribution in [1.82, 2.24) is 21.3 Å². The van der Waals surface area contributed by atoms with Crippen LogP contribution >= 0.6 is 0 Å². The summed E-state index contributed by atoms with van der Waals surface area (Å²) in [7, 11) is -3.75. The molecule has 4 heterocycles. The molecule has 8 nitrogen and oxygen atoms in total. The standard InChI is InChI=1S/C17H18I2N6O2S/c26-28(27,12-2-1-7-20-9-12)23-16-8-15(14-5-6-18-24-19-14)22-17-13(11-3-4-11)10-21-25(16)17/h1-2,7-11,14,23-24H,3-6H2/q-2. The van der Waals surface area contributed by atoms with Crippen LogP contribution in [0, 0.1) is 0 Å². The van der Waals surface area contributed by atoms with Crippen LogP contribution in [-0.2, 0) is 10.0 Å². The quantitative estimate of drug-likeness (QED) is 0.170. The van der Waals surface area contributed by atoms with Gasteiger partial charge in [0.05, 0.1) is 0 Å². The van der Waals surface area contributed by atoms with Gasteiger partial charge in [-0.25, -0.2) is 0 Å². The molecule has 3 aromatic rings. The van der Waals surface area contributed by atoms with Gasteiger partial charge in [0, 0.05) is 0 Å². The fraction of sp³-hybridized carbons (Fsp3) is 0.353. The first-order chi connectivity index (χ1) is 13.6. The van der Waals surface area contributed by atoms with Gasteiger partial charge in [-0.1, -0.05) is 0 Å². The minimum absolute atomic E-state index is 0.132. The number of alkyl halides is 2. The Morgan fingerprint density at radius 2 is 2.14 bits per heavy atom. The predicted molar refractivity (Wildman–Crippen MR) is 95.4 cm³/mol. The molecule has 0 aromatic carbocycles. The molecule has 3 aromatic heterocycles. The number of nitrogens with zero attached hydrogens (tertiary/aromatic N) is 4. The van der Waals surface area contributed by atoms with Crippen LogP contribution in [0.3, 0.4) is 0 Å². The molecular weight excluding hydrogens is 606 g/mol. The molecule has 1 atom stereocenters. The third-order valence-corrected chi connectivity index (χ3v) is 13.3.